The van der Waals surface area contributed by atoms with Gasteiger partial charge in [-0.15, -0.1) is 11.3 Å². The van der Waals surface area contributed by atoms with Crippen LogP contribution < -0.4 is 9.47 Å². The van der Waals surface area contributed by atoms with Crippen LogP contribution in [0.15, 0.2) is 53.9 Å². The molecular formula is C24H24N2O3S. The van der Waals surface area contributed by atoms with Crippen molar-refractivity contribution in [2.24, 2.45) is 0 Å². The minimum atomic E-state index is 0.0933. The van der Waals surface area contributed by atoms with Crippen LogP contribution >= 0.6 is 11.3 Å². The molecule has 6 heteroatoms. The highest BCUT2D eigenvalue weighted by Gasteiger charge is 2.31. The van der Waals surface area contributed by atoms with Gasteiger partial charge in [0.1, 0.15) is 13.2 Å². The number of nitrogens with zero attached hydrogens (tertiary/aromatic N) is 2. The molecule has 1 unspecified atom stereocenters. The Morgan fingerprint density at radius 3 is 2.80 bits per heavy atom. The Hall–Kier alpha value is -2.86. The third kappa shape index (κ3) is 4.05. The Balaban J connectivity index is 1.27. The zero-order chi connectivity index (χ0) is 20.3. The number of thiazole rings is 1. The van der Waals surface area contributed by atoms with E-state index in [0.29, 0.717) is 19.6 Å². The largest absolute Gasteiger partial charge is 0.486 e. The van der Waals surface area contributed by atoms with Crippen molar-refractivity contribution in [1.29, 1.82) is 0 Å². The van der Waals surface area contributed by atoms with E-state index in [1.54, 1.807) is 11.3 Å². The molecule has 154 valence electrons. The second kappa shape index (κ2) is 8.48. The van der Waals surface area contributed by atoms with Crippen LogP contribution in [0.4, 0.5) is 0 Å². The van der Waals surface area contributed by atoms with Gasteiger partial charge in [-0.25, -0.2) is 4.98 Å². The molecule has 2 aromatic carbocycles. The molecule has 3 heterocycles. The molecule has 2 aliphatic rings. The standard InChI is InChI=1S/C24H24N2O3S/c27-24(15-19-16-30-23(25-19)13-17-5-2-1-3-6-17)26-10-4-7-20(26)18-8-9-21-22(14-18)29-12-11-28-21/h1-3,5-6,8-9,14,16,20H,4,7,10-13,15H2. The zero-order valence-corrected chi connectivity index (χ0v) is 17.6. The summed E-state index contributed by atoms with van der Waals surface area (Å²) in [6.45, 7) is 1.94. The van der Waals surface area contributed by atoms with Gasteiger partial charge in [0.25, 0.3) is 0 Å². The molecule has 3 aromatic rings. The van der Waals surface area contributed by atoms with E-state index in [9.17, 15) is 4.79 Å². The molecule has 1 atom stereocenters. The third-order valence-corrected chi connectivity index (χ3v) is 6.55. The van der Waals surface area contributed by atoms with Gasteiger partial charge >= 0.3 is 0 Å². The van der Waals surface area contributed by atoms with Crippen LogP contribution in [0, 0.1) is 0 Å². The highest BCUT2D eigenvalue weighted by Crippen LogP contribution is 2.38. The Morgan fingerprint density at radius 1 is 1.10 bits per heavy atom. The lowest BCUT2D eigenvalue weighted by atomic mass is 10.0. The fraction of sp³-hybridized carbons (Fsp3) is 0.333. The van der Waals surface area contributed by atoms with Crippen molar-refractivity contribution in [3.63, 3.8) is 0 Å². The predicted molar refractivity (Wildman–Crippen MR) is 116 cm³/mol. The second-order valence-corrected chi connectivity index (χ2v) is 8.66. The van der Waals surface area contributed by atoms with Crippen LogP contribution in [0.25, 0.3) is 0 Å². The number of benzene rings is 2. The Bertz CT molecular complexity index is 1030. The number of hydrogen-bond acceptors (Lipinski definition) is 5. The van der Waals surface area contributed by atoms with Gasteiger partial charge in [0.05, 0.1) is 23.2 Å². The van der Waals surface area contributed by atoms with Crippen molar-refractivity contribution in [3.05, 3.63) is 75.7 Å². The number of carbonyl (C=O) groups excluding carboxylic acids is 1. The smallest absolute Gasteiger partial charge is 0.229 e. The summed E-state index contributed by atoms with van der Waals surface area (Å²) in [4.78, 5) is 19.8. The first-order valence-corrected chi connectivity index (χ1v) is 11.3. The second-order valence-electron chi connectivity index (χ2n) is 7.72. The fourth-order valence-electron chi connectivity index (χ4n) is 4.22. The molecular weight excluding hydrogens is 396 g/mol. The lowest BCUT2D eigenvalue weighted by molar-refractivity contribution is -0.131. The van der Waals surface area contributed by atoms with E-state index in [2.05, 4.69) is 18.2 Å². The summed E-state index contributed by atoms with van der Waals surface area (Å²) in [6, 6.07) is 16.5. The van der Waals surface area contributed by atoms with Gasteiger partial charge in [0.15, 0.2) is 11.5 Å². The molecule has 0 saturated carbocycles. The molecule has 30 heavy (non-hydrogen) atoms. The van der Waals surface area contributed by atoms with Gasteiger partial charge < -0.3 is 14.4 Å². The van der Waals surface area contributed by atoms with E-state index < -0.39 is 0 Å². The fourth-order valence-corrected chi connectivity index (χ4v) is 5.05. The molecule has 5 nitrogen and oxygen atoms in total. The number of carbonyl (C=O) groups is 1. The number of rotatable bonds is 5. The van der Waals surface area contributed by atoms with Crippen molar-refractivity contribution >= 4 is 17.2 Å². The van der Waals surface area contributed by atoms with Crippen LogP contribution in [-0.2, 0) is 17.6 Å². The van der Waals surface area contributed by atoms with E-state index in [-0.39, 0.29) is 11.9 Å². The average molecular weight is 421 g/mol. The van der Waals surface area contributed by atoms with Gasteiger partial charge in [0.2, 0.25) is 5.91 Å². The SMILES string of the molecule is O=C(Cc1csc(Cc2ccccc2)n1)N1CCCC1c1ccc2c(c1)OCCO2. The highest BCUT2D eigenvalue weighted by molar-refractivity contribution is 7.09. The van der Waals surface area contributed by atoms with Crippen LogP contribution in [0.2, 0.25) is 0 Å². The van der Waals surface area contributed by atoms with Crippen molar-refractivity contribution in [1.82, 2.24) is 9.88 Å². The van der Waals surface area contributed by atoms with Gasteiger partial charge in [-0.1, -0.05) is 36.4 Å². The molecule has 0 radical (unpaired) electrons. The number of likely N-dealkylation sites (tertiary alicyclic amines) is 1. The molecule has 0 spiro atoms. The number of hydrogen-bond donors (Lipinski definition) is 0. The minimum absolute atomic E-state index is 0.0933. The quantitative estimate of drug-likeness (QED) is 0.614. The van der Waals surface area contributed by atoms with E-state index in [1.165, 1.54) is 5.56 Å². The topological polar surface area (TPSA) is 51.7 Å². The third-order valence-electron chi connectivity index (χ3n) is 5.65. The van der Waals surface area contributed by atoms with Crippen LogP contribution in [0.5, 0.6) is 11.5 Å². The van der Waals surface area contributed by atoms with Gasteiger partial charge in [-0.2, -0.15) is 0 Å². The maximum atomic E-state index is 13.1. The van der Waals surface area contributed by atoms with Gasteiger partial charge in [-0.3, -0.25) is 4.79 Å². The zero-order valence-electron chi connectivity index (χ0n) is 16.8. The number of aromatic nitrogens is 1. The summed E-state index contributed by atoms with van der Waals surface area (Å²) in [6.07, 6.45) is 3.15. The lowest BCUT2D eigenvalue weighted by Gasteiger charge is -2.26. The number of amides is 1. The lowest BCUT2D eigenvalue weighted by Crippen LogP contribution is -2.32. The minimum Gasteiger partial charge on any atom is -0.486 e. The molecule has 2 aliphatic heterocycles. The molecule has 0 N–H and O–H groups in total. The van der Waals surface area contributed by atoms with E-state index >= 15 is 0 Å². The molecule has 5 rings (SSSR count). The summed E-state index contributed by atoms with van der Waals surface area (Å²) in [5.41, 5.74) is 3.22. The first-order chi connectivity index (χ1) is 14.8. The maximum absolute atomic E-state index is 13.1. The Kier molecular flexibility index (Phi) is 5.41. The van der Waals surface area contributed by atoms with Gasteiger partial charge in [0, 0.05) is 18.3 Å². The summed E-state index contributed by atoms with van der Waals surface area (Å²) < 4.78 is 11.4. The van der Waals surface area contributed by atoms with Crippen molar-refractivity contribution in [2.75, 3.05) is 19.8 Å². The van der Waals surface area contributed by atoms with Crippen LogP contribution in [-0.4, -0.2) is 35.5 Å². The molecule has 0 bridgehead atoms. The monoisotopic (exact) mass is 420 g/mol. The number of fused-ring (bicyclic) bond motifs is 1. The first kappa shape index (κ1) is 19.1. The molecule has 1 aromatic heterocycles. The summed E-state index contributed by atoms with van der Waals surface area (Å²) in [7, 11) is 0. The van der Waals surface area contributed by atoms with Crippen molar-refractivity contribution < 1.29 is 14.3 Å². The van der Waals surface area contributed by atoms with E-state index in [4.69, 9.17) is 14.5 Å². The molecule has 1 fully saturated rings. The Labute approximate surface area is 180 Å². The van der Waals surface area contributed by atoms with E-state index in [1.807, 2.05) is 40.6 Å². The van der Waals surface area contributed by atoms with Crippen LogP contribution in [0.1, 0.15) is 40.7 Å². The Morgan fingerprint density at radius 2 is 1.93 bits per heavy atom. The average Bonchev–Trinajstić information content (AvgIpc) is 3.44. The van der Waals surface area contributed by atoms with Gasteiger partial charge in [-0.05, 0) is 36.1 Å². The normalized spacial score (nSPS) is 17.9. The van der Waals surface area contributed by atoms with Crippen molar-refractivity contribution in [2.45, 2.75) is 31.7 Å². The predicted octanol–water partition coefficient (Wildman–Crippen LogP) is 4.41. The number of ether oxygens (including phenoxy) is 2. The highest BCUT2D eigenvalue weighted by atomic mass is 32.1. The summed E-state index contributed by atoms with van der Waals surface area (Å²) in [5, 5.41) is 3.07. The van der Waals surface area contributed by atoms with Crippen molar-refractivity contribution in [3.8, 4) is 11.5 Å². The molecule has 1 amide bonds. The molecule has 1 saturated heterocycles. The van der Waals surface area contributed by atoms with E-state index in [0.717, 1.165) is 53.6 Å². The summed E-state index contributed by atoms with van der Waals surface area (Å²) in [5.74, 6) is 1.71. The maximum Gasteiger partial charge on any atom is 0.229 e. The van der Waals surface area contributed by atoms with Crippen LogP contribution in [0.3, 0.4) is 0 Å². The molecule has 0 aliphatic carbocycles. The first-order valence-electron chi connectivity index (χ1n) is 10.4. The summed E-state index contributed by atoms with van der Waals surface area (Å²) >= 11 is 1.63.